The molecule has 0 bridgehead atoms. The van der Waals surface area contributed by atoms with Crippen LogP contribution in [0.1, 0.15) is 28.8 Å². The molecule has 1 aromatic carbocycles. The van der Waals surface area contributed by atoms with Gasteiger partial charge in [-0.25, -0.2) is 9.67 Å². The lowest BCUT2D eigenvalue weighted by Gasteiger charge is -2.12. The van der Waals surface area contributed by atoms with Gasteiger partial charge in [0, 0.05) is 12.1 Å². The number of hydrogen-bond donors (Lipinski definition) is 2. The molecular formula is C16H21N5O. The maximum Gasteiger partial charge on any atom is 0.251 e. The molecule has 0 spiro atoms. The van der Waals surface area contributed by atoms with Crippen LogP contribution in [-0.2, 0) is 6.54 Å². The lowest BCUT2D eigenvalue weighted by molar-refractivity contribution is 0.0950. The summed E-state index contributed by atoms with van der Waals surface area (Å²) in [6.07, 6.45) is 5.39. The van der Waals surface area contributed by atoms with E-state index in [1.54, 1.807) is 11.0 Å². The topological polar surface area (TPSA) is 71.8 Å². The van der Waals surface area contributed by atoms with Gasteiger partial charge in [-0.2, -0.15) is 5.10 Å². The minimum atomic E-state index is -0.0123. The number of nitrogens with one attached hydrogen (secondary N) is 2. The van der Waals surface area contributed by atoms with Crippen LogP contribution in [0, 0.1) is 5.92 Å². The summed E-state index contributed by atoms with van der Waals surface area (Å²) in [7, 11) is 0. The lowest BCUT2D eigenvalue weighted by Crippen LogP contribution is -2.27. The van der Waals surface area contributed by atoms with Gasteiger partial charge in [0.2, 0.25) is 0 Å². The van der Waals surface area contributed by atoms with E-state index in [-0.39, 0.29) is 5.91 Å². The Morgan fingerprint density at radius 2 is 2.32 bits per heavy atom. The predicted molar refractivity (Wildman–Crippen MR) is 83.5 cm³/mol. The van der Waals surface area contributed by atoms with Crippen LogP contribution < -0.4 is 10.6 Å². The van der Waals surface area contributed by atoms with Gasteiger partial charge in [0.1, 0.15) is 12.7 Å². The van der Waals surface area contributed by atoms with E-state index in [2.05, 4.69) is 20.7 Å². The van der Waals surface area contributed by atoms with Crippen molar-refractivity contribution in [3.8, 4) is 0 Å². The zero-order valence-electron chi connectivity index (χ0n) is 12.5. The third kappa shape index (κ3) is 3.71. The van der Waals surface area contributed by atoms with Gasteiger partial charge in [-0.1, -0.05) is 18.2 Å². The van der Waals surface area contributed by atoms with Crippen LogP contribution >= 0.6 is 0 Å². The fraction of sp³-hybridized carbons (Fsp3) is 0.438. The summed E-state index contributed by atoms with van der Waals surface area (Å²) < 4.78 is 1.72. The number of nitrogens with zero attached hydrogens (tertiary/aromatic N) is 3. The minimum absolute atomic E-state index is 0.0123. The second kappa shape index (κ2) is 7.17. The highest BCUT2D eigenvalue weighted by atomic mass is 16.1. The first kappa shape index (κ1) is 14.7. The van der Waals surface area contributed by atoms with E-state index < -0.39 is 0 Å². The highest BCUT2D eigenvalue weighted by Crippen LogP contribution is 2.12. The summed E-state index contributed by atoms with van der Waals surface area (Å²) in [5.74, 6) is 0.673. The van der Waals surface area contributed by atoms with E-state index in [9.17, 15) is 4.79 Å². The van der Waals surface area contributed by atoms with Crippen LogP contribution in [0.15, 0.2) is 36.9 Å². The maximum atomic E-state index is 12.4. The Morgan fingerprint density at radius 3 is 3.09 bits per heavy atom. The van der Waals surface area contributed by atoms with Crippen molar-refractivity contribution in [2.24, 2.45) is 5.92 Å². The van der Waals surface area contributed by atoms with Gasteiger partial charge in [-0.15, -0.1) is 0 Å². The highest BCUT2D eigenvalue weighted by Gasteiger charge is 2.15. The summed E-state index contributed by atoms with van der Waals surface area (Å²) >= 11 is 0. The molecule has 1 aliphatic rings. The van der Waals surface area contributed by atoms with Crippen LogP contribution in [0.2, 0.25) is 0 Å². The van der Waals surface area contributed by atoms with Crippen molar-refractivity contribution in [3.05, 3.63) is 48.0 Å². The van der Waals surface area contributed by atoms with E-state index in [0.717, 1.165) is 31.6 Å². The van der Waals surface area contributed by atoms with Crippen LogP contribution in [-0.4, -0.2) is 40.3 Å². The smallest absolute Gasteiger partial charge is 0.251 e. The van der Waals surface area contributed by atoms with Crippen molar-refractivity contribution in [1.82, 2.24) is 25.4 Å². The van der Waals surface area contributed by atoms with Crippen LogP contribution in [0.25, 0.3) is 0 Å². The van der Waals surface area contributed by atoms with Crippen LogP contribution in [0.3, 0.4) is 0 Å². The molecule has 1 unspecified atom stereocenters. The Hall–Kier alpha value is -2.21. The van der Waals surface area contributed by atoms with Crippen LogP contribution in [0.4, 0.5) is 0 Å². The summed E-state index contributed by atoms with van der Waals surface area (Å²) in [6.45, 7) is 3.44. The Morgan fingerprint density at radius 1 is 1.41 bits per heavy atom. The van der Waals surface area contributed by atoms with E-state index in [1.807, 2.05) is 24.3 Å². The number of hydrogen-bond acceptors (Lipinski definition) is 4. The van der Waals surface area contributed by atoms with Gasteiger partial charge in [0.25, 0.3) is 5.91 Å². The molecule has 1 aromatic heterocycles. The van der Waals surface area contributed by atoms with Gasteiger partial charge in [-0.3, -0.25) is 4.79 Å². The molecule has 2 heterocycles. The molecule has 0 saturated carbocycles. The molecule has 6 nitrogen and oxygen atoms in total. The van der Waals surface area contributed by atoms with Gasteiger partial charge in [0.15, 0.2) is 0 Å². The maximum absolute atomic E-state index is 12.4. The molecular weight excluding hydrogens is 278 g/mol. The second-order valence-corrected chi connectivity index (χ2v) is 5.65. The molecule has 1 amide bonds. The van der Waals surface area contributed by atoms with Crippen molar-refractivity contribution < 1.29 is 4.79 Å². The molecule has 22 heavy (non-hydrogen) atoms. The molecule has 6 heteroatoms. The Bertz CT molecular complexity index is 605. The van der Waals surface area contributed by atoms with E-state index in [0.29, 0.717) is 18.0 Å². The van der Waals surface area contributed by atoms with E-state index in [1.165, 1.54) is 12.7 Å². The SMILES string of the molecule is O=C(NCCC1CCNC1)c1ccccc1Cn1cncn1. The number of carbonyl (C=O) groups excluding carboxylic acids is 1. The average molecular weight is 299 g/mol. The number of benzene rings is 1. The molecule has 116 valence electrons. The number of aromatic nitrogens is 3. The molecule has 0 aliphatic carbocycles. The summed E-state index contributed by atoms with van der Waals surface area (Å²) in [6, 6.07) is 7.64. The summed E-state index contributed by atoms with van der Waals surface area (Å²) in [4.78, 5) is 16.3. The standard InChI is InChI=1S/C16H21N5O/c22-16(19-8-6-13-5-7-17-9-13)15-4-2-1-3-14(15)10-21-12-18-11-20-21/h1-4,11-13,17H,5-10H2,(H,19,22). The molecule has 2 N–H and O–H groups in total. The Labute approximate surface area is 129 Å². The highest BCUT2D eigenvalue weighted by molar-refractivity contribution is 5.95. The van der Waals surface area contributed by atoms with Crippen molar-refractivity contribution in [1.29, 1.82) is 0 Å². The van der Waals surface area contributed by atoms with Crippen molar-refractivity contribution in [3.63, 3.8) is 0 Å². The van der Waals surface area contributed by atoms with Crippen molar-refractivity contribution >= 4 is 5.91 Å². The Balaban J connectivity index is 1.59. The number of carbonyl (C=O) groups is 1. The van der Waals surface area contributed by atoms with Gasteiger partial charge in [0.05, 0.1) is 6.54 Å². The largest absolute Gasteiger partial charge is 0.352 e. The second-order valence-electron chi connectivity index (χ2n) is 5.65. The third-order valence-electron chi connectivity index (χ3n) is 4.06. The monoisotopic (exact) mass is 299 g/mol. The zero-order valence-corrected chi connectivity index (χ0v) is 12.5. The normalized spacial score (nSPS) is 17.5. The lowest BCUT2D eigenvalue weighted by atomic mass is 10.0. The summed E-state index contributed by atoms with van der Waals surface area (Å²) in [5, 5.41) is 10.5. The minimum Gasteiger partial charge on any atom is -0.352 e. The van der Waals surface area contributed by atoms with Crippen LogP contribution in [0.5, 0.6) is 0 Å². The average Bonchev–Trinajstić information content (AvgIpc) is 3.21. The molecule has 2 aromatic rings. The fourth-order valence-corrected chi connectivity index (χ4v) is 2.81. The van der Waals surface area contributed by atoms with Crippen molar-refractivity contribution in [2.75, 3.05) is 19.6 Å². The van der Waals surface area contributed by atoms with E-state index >= 15 is 0 Å². The molecule has 1 fully saturated rings. The zero-order chi connectivity index (χ0) is 15.2. The Kier molecular flexibility index (Phi) is 4.80. The fourth-order valence-electron chi connectivity index (χ4n) is 2.81. The first-order valence-corrected chi connectivity index (χ1v) is 7.72. The quantitative estimate of drug-likeness (QED) is 0.836. The molecule has 3 rings (SSSR count). The van der Waals surface area contributed by atoms with Crippen molar-refractivity contribution in [2.45, 2.75) is 19.4 Å². The molecule has 1 atom stereocenters. The molecule has 1 aliphatic heterocycles. The van der Waals surface area contributed by atoms with E-state index in [4.69, 9.17) is 0 Å². The first-order chi connectivity index (χ1) is 10.8. The molecule has 1 saturated heterocycles. The predicted octanol–water partition coefficient (Wildman–Crippen LogP) is 1.06. The first-order valence-electron chi connectivity index (χ1n) is 7.72. The summed E-state index contributed by atoms with van der Waals surface area (Å²) in [5.41, 5.74) is 1.66. The number of amides is 1. The molecule has 0 radical (unpaired) electrons. The van der Waals surface area contributed by atoms with Gasteiger partial charge < -0.3 is 10.6 Å². The van der Waals surface area contributed by atoms with Gasteiger partial charge in [-0.05, 0) is 43.5 Å². The number of rotatable bonds is 6. The van der Waals surface area contributed by atoms with Gasteiger partial charge >= 0.3 is 0 Å². The third-order valence-corrected chi connectivity index (χ3v) is 4.06.